The predicted molar refractivity (Wildman–Crippen MR) is 155 cm³/mol. The number of nitrogens with one attached hydrogen (secondary N) is 3. The number of ether oxygens (including phenoxy) is 1. The van der Waals surface area contributed by atoms with Gasteiger partial charge in [0.05, 0.1) is 22.8 Å². The van der Waals surface area contributed by atoms with E-state index in [4.69, 9.17) is 4.74 Å². The molecule has 0 saturated carbocycles. The monoisotopic (exact) mass is 572 g/mol. The van der Waals surface area contributed by atoms with Crippen LogP contribution in [0.1, 0.15) is 23.8 Å². The number of carbonyl (C=O) groups excluding carboxylic acids is 1. The number of rotatable bonds is 6. The van der Waals surface area contributed by atoms with Crippen molar-refractivity contribution in [2.24, 2.45) is 0 Å². The SMILES string of the molecule is CCNC(=O)O[C@H]1CN[C@H](C#Cc2cc3c(Nc4ccc5c(ccn5Cc5cc(F)ccc5F)c4)ncnc3s2)C1. The largest absolute Gasteiger partial charge is 0.445 e. The highest BCUT2D eigenvalue weighted by Gasteiger charge is 2.25. The highest BCUT2D eigenvalue weighted by molar-refractivity contribution is 7.19. The maximum absolute atomic E-state index is 14.2. The number of hydrogen-bond acceptors (Lipinski definition) is 7. The van der Waals surface area contributed by atoms with Crippen molar-refractivity contribution in [1.82, 2.24) is 25.2 Å². The van der Waals surface area contributed by atoms with Gasteiger partial charge in [0.1, 0.15) is 34.7 Å². The number of carbonyl (C=O) groups is 1. The van der Waals surface area contributed by atoms with Crippen molar-refractivity contribution in [3.63, 3.8) is 0 Å². The highest BCUT2D eigenvalue weighted by atomic mass is 32.1. The molecule has 1 aliphatic heterocycles. The molecule has 0 spiro atoms. The highest BCUT2D eigenvalue weighted by Crippen LogP contribution is 2.31. The van der Waals surface area contributed by atoms with Gasteiger partial charge in [-0.3, -0.25) is 5.32 Å². The number of nitrogens with zero attached hydrogens (tertiary/aromatic N) is 3. The van der Waals surface area contributed by atoms with Crippen molar-refractivity contribution in [3.8, 4) is 11.8 Å². The minimum atomic E-state index is -0.463. The third kappa shape index (κ3) is 5.99. The van der Waals surface area contributed by atoms with Crippen LogP contribution in [0.5, 0.6) is 0 Å². The first-order valence-electron chi connectivity index (χ1n) is 13.2. The molecule has 1 aliphatic rings. The quantitative estimate of drug-likeness (QED) is 0.231. The standard InChI is InChI=1S/C30H26F2N6O2S/c1-2-33-30(39)40-23-13-21(34-15-23)4-6-24-14-25-28(35-17-36-29(25)41-24)37-22-5-8-27-18(12-22)9-10-38(27)16-19-11-20(31)3-7-26(19)32/h3,5,7-12,14,17,21,23,34H,2,13,15-16H2,1H3,(H,33,39)(H,35,36,37)/t21-,23-/m1/s1. The summed E-state index contributed by atoms with van der Waals surface area (Å²) < 4.78 is 35.1. The number of halogens is 2. The molecular weight excluding hydrogens is 546 g/mol. The zero-order valence-corrected chi connectivity index (χ0v) is 22.9. The number of hydrogen-bond donors (Lipinski definition) is 3. The Kier molecular flexibility index (Phi) is 7.50. The zero-order valence-electron chi connectivity index (χ0n) is 22.1. The lowest BCUT2D eigenvalue weighted by Crippen LogP contribution is -2.29. The van der Waals surface area contributed by atoms with Crippen molar-refractivity contribution in [2.45, 2.75) is 32.0 Å². The van der Waals surface area contributed by atoms with Gasteiger partial charge in [-0.15, -0.1) is 11.3 Å². The topological polar surface area (TPSA) is 93.1 Å². The molecule has 0 radical (unpaired) electrons. The fourth-order valence-corrected chi connectivity index (χ4v) is 5.68. The van der Waals surface area contributed by atoms with E-state index in [1.807, 2.05) is 48.0 Å². The average Bonchev–Trinajstić information content (AvgIpc) is 3.68. The van der Waals surface area contributed by atoms with E-state index >= 15 is 0 Å². The van der Waals surface area contributed by atoms with Gasteiger partial charge < -0.3 is 19.9 Å². The molecule has 1 saturated heterocycles. The molecule has 4 heterocycles. The lowest BCUT2D eigenvalue weighted by atomic mass is 10.2. The second-order valence-corrected chi connectivity index (χ2v) is 10.7. The number of amides is 1. The van der Waals surface area contributed by atoms with Crippen molar-refractivity contribution >= 4 is 50.1 Å². The first-order valence-corrected chi connectivity index (χ1v) is 14.0. The summed E-state index contributed by atoms with van der Waals surface area (Å²) in [5.74, 6) is 6.22. The van der Waals surface area contributed by atoms with Crippen LogP contribution >= 0.6 is 11.3 Å². The van der Waals surface area contributed by atoms with E-state index in [-0.39, 0.29) is 18.7 Å². The van der Waals surface area contributed by atoms with Gasteiger partial charge in [0.25, 0.3) is 0 Å². The van der Waals surface area contributed by atoms with E-state index in [9.17, 15) is 13.6 Å². The van der Waals surface area contributed by atoms with E-state index in [1.54, 1.807) is 0 Å². The Labute approximate surface area is 238 Å². The molecule has 3 N–H and O–H groups in total. The van der Waals surface area contributed by atoms with Gasteiger partial charge in [-0.2, -0.15) is 0 Å². The minimum absolute atomic E-state index is 0.0697. The number of benzene rings is 2. The van der Waals surface area contributed by atoms with Gasteiger partial charge in [0, 0.05) is 47.9 Å². The molecule has 8 nitrogen and oxygen atoms in total. The molecule has 41 heavy (non-hydrogen) atoms. The Hall–Kier alpha value is -4.53. The summed E-state index contributed by atoms with van der Waals surface area (Å²) >= 11 is 1.48. The van der Waals surface area contributed by atoms with Crippen molar-refractivity contribution in [2.75, 3.05) is 18.4 Å². The molecule has 0 bridgehead atoms. The van der Waals surface area contributed by atoms with Crippen LogP contribution < -0.4 is 16.0 Å². The molecule has 3 aromatic heterocycles. The first kappa shape index (κ1) is 26.7. The number of thiophene rings is 1. The van der Waals surface area contributed by atoms with E-state index in [0.29, 0.717) is 30.9 Å². The lowest BCUT2D eigenvalue weighted by Gasteiger charge is -2.10. The van der Waals surface area contributed by atoms with Gasteiger partial charge in [-0.05, 0) is 55.5 Å². The zero-order chi connectivity index (χ0) is 28.3. The van der Waals surface area contributed by atoms with Crippen LogP contribution in [-0.2, 0) is 11.3 Å². The Morgan fingerprint density at radius 1 is 1.20 bits per heavy atom. The van der Waals surface area contributed by atoms with Gasteiger partial charge >= 0.3 is 6.09 Å². The summed E-state index contributed by atoms with van der Waals surface area (Å²) in [5, 5.41) is 11.1. The second-order valence-electron chi connectivity index (χ2n) is 9.65. The third-order valence-corrected chi connectivity index (χ3v) is 7.73. The van der Waals surface area contributed by atoms with Crippen LogP contribution in [0.15, 0.2) is 61.1 Å². The van der Waals surface area contributed by atoms with Crippen LogP contribution in [0, 0.1) is 23.5 Å². The molecule has 2 aromatic carbocycles. The summed E-state index contributed by atoms with van der Waals surface area (Å²) in [6.07, 6.45) is 3.39. The Balaban J connectivity index is 1.16. The molecule has 1 fully saturated rings. The molecule has 2 atom stereocenters. The molecule has 11 heteroatoms. The van der Waals surface area contributed by atoms with E-state index in [1.165, 1.54) is 23.7 Å². The molecule has 6 rings (SSSR count). The summed E-state index contributed by atoms with van der Waals surface area (Å²) in [7, 11) is 0. The Morgan fingerprint density at radius 3 is 2.98 bits per heavy atom. The molecule has 5 aromatic rings. The molecule has 0 aliphatic carbocycles. The smallest absolute Gasteiger partial charge is 0.407 e. The van der Waals surface area contributed by atoms with Crippen LogP contribution in [0.25, 0.3) is 21.1 Å². The van der Waals surface area contributed by atoms with Crippen LogP contribution in [0.4, 0.5) is 25.1 Å². The Morgan fingerprint density at radius 2 is 2.10 bits per heavy atom. The lowest BCUT2D eigenvalue weighted by molar-refractivity contribution is 0.107. The summed E-state index contributed by atoms with van der Waals surface area (Å²) in [6, 6.07) is 13.2. The maximum Gasteiger partial charge on any atom is 0.407 e. The number of fused-ring (bicyclic) bond motifs is 2. The van der Waals surface area contributed by atoms with Crippen LogP contribution in [0.3, 0.4) is 0 Å². The predicted octanol–water partition coefficient (Wildman–Crippen LogP) is 5.54. The third-order valence-electron chi connectivity index (χ3n) is 6.77. The van der Waals surface area contributed by atoms with Gasteiger partial charge in [-0.25, -0.2) is 23.5 Å². The molecule has 0 unspecified atom stereocenters. The van der Waals surface area contributed by atoms with Gasteiger partial charge in [-0.1, -0.05) is 11.8 Å². The second kappa shape index (κ2) is 11.5. The van der Waals surface area contributed by atoms with Crippen LogP contribution in [-0.4, -0.2) is 45.9 Å². The summed E-state index contributed by atoms with van der Waals surface area (Å²) in [4.78, 5) is 22.2. The first-order chi connectivity index (χ1) is 19.9. The normalized spacial score (nSPS) is 16.5. The molecular formula is C30H26F2N6O2S. The van der Waals surface area contributed by atoms with Crippen LogP contribution in [0.2, 0.25) is 0 Å². The van der Waals surface area contributed by atoms with Gasteiger partial charge in [0.2, 0.25) is 0 Å². The molecule has 1 amide bonds. The average molecular weight is 573 g/mol. The van der Waals surface area contributed by atoms with Crippen molar-refractivity contribution in [3.05, 3.63) is 83.1 Å². The van der Waals surface area contributed by atoms with E-state index < -0.39 is 17.7 Å². The fraction of sp³-hybridized carbons (Fsp3) is 0.233. The number of anilines is 2. The van der Waals surface area contributed by atoms with Gasteiger partial charge in [0.15, 0.2) is 0 Å². The minimum Gasteiger partial charge on any atom is -0.445 e. The van der Waals surface area contributed by atoms with Crippen molar-refractivity contribution in [1.29, 1.82) is 0 Å². The van der Waals surface area contributed by atoms with E-state index in [2.05, 4.69) is 37.8 Å². The Bertz CT molecular complexity index is 1810. The maximum atomic E-state index is 14.2. The summed E-state index contributed by atoms with van der Waals surface area (Å²) in [5.41, 5.74) is 2.03. The number of alkyl carbamates (subject to hydrolysis) is 1. The van der Waals surface area contributed by atoms with Crippen molar-refractivity contribution < 1.29 is 18.3 Å². The fourth-order valence-electron chi connectivity index (χ4n) is 4.82. The number of aromatic nitrogens is 3. The van der Waals surface area contributed by atoms with E-state index in [0.717, 1.165) is 43.8 Å². The summed E-state index contributed by atoms with van der Waals surface area (Å²) in [6.45, 7) is 3.16. The molecule has 208 valence electrons.